The zero-order chi connectivity index (χ0) is 3.54. The molecule has 0 radical (unpaired) electrons. The molecule has 0 bridgehead atoms. The molecule has 2 heteroatoms. The molecule has 26 valence electrons. The van der Waals surface area contributed by atoms with E-state index in [1.165, 1.54) is 0 Å². The van der Waals surface area contributed by atoms with Crippen molar-refractivity contribution in [3.05, 3.63) is 0 Å². The minimum Gasteiger partial charge on any atom is -0.334 e. The molecule has 0 aliphatic carbocycles. The van der Waals surface area contributed by atoms with Crippen molar-refractivity contribution >= 4 is 11.8 Å². The molecule has 0 aromatic rings. The second kappa shape index (κ2) is 1.23. The Kier molecular flexibility index (Phi) is 0.718. The third kappa shape index (κ3) is 0.489. The van der Waals surface area contributed by atoms with Gasteiger partial charge in [0, 0.05) is 6.04 Å². The highest BCUT2D eigenvalue weighted by atomic mass is 32.2. The van der Waals surface area contributed by atoms with E-state index >= 15 is 0 Å². The standard InChI is InChI=1S/C3H3NS/c1-2-5-3-4-1/h4H,3H2. The molecule has 1 N–H and O–H groups in total. The van der Waals surface area contributed by atoms with Gasteiger partial charge in [0.25, 0.3) is 0 Å². The van der Waals surface area contributed by atoms with Crippen LogP contribution in [0.25, 0.3) is 0 Å². The van der Waals surface area contributed by atoms with Crippen molar-refractivity contribution < 1.29 is 0 Å². The average molecular weight is 85.1 g/mol. The second-order valence-corrected chi connectivity index (χ2v) is 1.47. The molecule has 0 atom stereocenters. The Morgan fingerprint density at radius 3 is 3.00 bits per heavy atom. The third-order valence-corrected chi connectivity index (χ3v) is 0.891. The number of hydrogen-bond donors (Lipinski definition) is 1. The van der Waals surface area contributed by atoms with E-state index < -0.39 is 0 Å². The van der Waals surface area contributed by atoms with E-state index in [1.54, 1.807) is 11.8 Å². The summed E-state index contributed by atoms with van der Waals surface area (Å²) < 4.78 is 0. The van der Waals surface area contributed by atoms with Crippen LogP contribution in [0.15, 0.2) is 0 Å². The molecule has 0 saturated heterocycles. The fraction of sp³-hybridized carbons (Fsp3) is 0.333. The molecule has 1 heterocycles. The van der Waals surface area contributed by atoms with Gasteiger partial charge in [0.1, 0.15) is 0 Å². The van der Waals surface area contributed by atoms with Crippen molar-refractivity contribution in [3.8, 4) is 11.3 Å². The van der Waals surface area contributed by atoms with E-state index in [2.05, 4.69) is 16.6 Å². The van der Waals surface area contributed by atoms with Crippen molar-refractivity contribution in [1.82, 2.24) is 5.32 Å². The molecular weight excluding hydrogens is 82.1 g/mol. The van der Waals surface area contributed by atoms with Crippen LogP contribution in [0.1, 0.15) is 0 Å². The molecule has 0 fully saturated rings. The maximum Gasteiger partial charge on any atom is 0.0809 e. The van der Waals surface area contributed by atoms with Crippen LogP contribution in [0.3, 0.4) is 0 Å². The van der Waals surface area contributed by atoms with Gasteiger partial charge in [-0.15, -0.1) is 0 Å². The summed E-state index contributed by atoms with van der Waals surface area (Å²) in [5.74, 6) is 0.944. The lowest BCUT2D eigenvalue weighted by atomic mass is 11.1. The summed E-state index contributed by atoms with van der Waals surface area (Å²) in [7, 11) is 0. The van der Waals surface area contributed by atoms with E-state index in [-0.39, 0.29) is 0 Å². The van der Waals surface area contributed by atoms with Crippen molar-refractivity contribution in [2.45, 2.75) is 0 Å². The minimum absolute atomic E-state index is 0.944. The fourth-order valence-corrected chi connectivity index (χ4v) is 0.541. The minimum atomic E-state index is 0.944. The molecule has 0 unspecified atom stereocenters. The van der Waals surface area contributed by atoms with Gasteiger partial charge in [0.05, 0.1) is 5.88 Å². The highest BCUT2D eigenvalue weighted by Crippen LogP contribution is 1.94. The molecule has 0 saturated carbocycles. The van der Waals surface area contributed by atoms with Gasteiger partial charge in [-0.25, -0.2) is 0 Å². The SMILES string of the molecule is C1#CSCN1. The van der Waals surface area contributed by atoms with Crippen LogP contribution in [0, 0.1) is 11.3 Å². The Balaban J connectivity index is 2.42. The number of rotatable bonds is 0. The Labute approximate surface area is 35.1 Å². The molecular formula is C3H3NS. The van der Waals surface area contributed by atoms with Crippen LogP contribution < -0.4 is 5.32 Å². The zero-order valence-electron chi connectivity index (χ0n) is 2.62. The van der Waals surface area contributed by atoms with Crippen molar-refractivity contribution in [3.63, 3.8) is 0 Å². The van der Waals surface area contributed by atoms with E-state index in [0.717, 1.165) is 5.88 Å². The van der Waals surface area contributed by atoms with Gasteiger partial charge >= 0.3 is 0 Å². The van der Waals surface area contributed by atoms with Gasteiger partial charge < -0.3 is 5.32 Å². The van der Waals surface area contributed by atoms with Gasteiger partial charge in [0.2, 0.25) is 0 Å². The highest BCUT2D eigenvalue weighted by Gasteiger charge is 1.80. The summed E-state index contributed by atoms with van der Waals surface area (Å²) in [6.07, 6.45) is 0. The predicted molar refractivity (Wildman–Crippen MR) is 23.4 cm³/mol. The Morgan fingerprint density at radius 1 is 1.80 bits per heavy atom. The van der Waals surface area contributed by atoms with E-state index in [9.17, 15) is 0 Å². The summed E-state index contributed by atoms with van der Waals surface area (Å²) in [6.45, 7) is 0. The molecule has 0 aromatic heterocycles. The first-order chi connectivity index (χ1) is 2.50. The van der Waals surface area contributed by atoms with Crippen LogP contribution in [0.5, 0.6) is 0 Å². The first-order valence-electron chi connectivity index (χ1n) is 1.35. The van der Waals surface area contributed by atoms with Crippen LogP contribution in [-0.2, 0) is 0 Å². The lowest BCUT2D eigenvalue weighted by Gasteiger charge is -1.74. The lowest BCUT2D eigenvalue weighted by molar-refractivity contribution is 1.13. The number of hydrogen-bond acceptors (Lipinski definition) is 2. The van der Waals surface area contributed by atoms with E-state index in [1.807, 2.05) is 0 Å². The number of thioether (sulfide) groups is 1. The second-order valence-electron chi connectivity index (χ2n) is 0.693. The normalized spacial score (nSPS) is 16.0. The first kappa shape index (κ1) is 2.92. The molecule has 0 spiro atoms. The molecule has 1 aliphatic rings. The maximum absolute atomic E-state index is 2.82. The largest absolute Gasteiger partial charge is 0.334 e. The highest BCUT2D eigenvalue weighted by molar-refractivity contribution is 8.04. The van der Waals surface area contributed by atoms with Crippen LogP contribution >= 0.6 is 11.8 Å². The van der Waals surface area contributed by atoms with Gasteiger partial charge in [-0.2, -0.15) is 0 Å². The Bertz CT molecular complexity index is 70.6. The average Bonchev–Trinajstić information content (AvgIpc) is 1.76. The van der Waals surface area contributed by atoms with Crippen LogP contribution in [0.2, 0.25) is 0 Å². The smallest absolute Gasteiger partial charge is 0.0809 e. The van der Waals surface area contributed by atoms with Crippen LogP contribution in [0.4, 0.5) is 0 Å². The lowest BCUT2D eigenvalue weighted by Crippen LogP contribution is -1.95. The zero-order valence-corrected chi connectivity index (χ0v) is 3.43. The molecule has 0 aromatic carbocycles. The summed E-state index contributed by atoms with van der Waals surface area (Å²) in [4.78, 5) is 0. The van der Waals surface area contributed by atoms with Crippen molar-refractivity contribution in [2.24, 2.45) is 0 Å². The fourth-order valence-electron chi connectivity index (χ4n) is 0.180. The molecule has 1 nitrogen and oxygen atoms in total. The number of nitrogens with one attached hydrogen (secondary N) is 1. The topological polar surface area (TPSA) is 12.0 Å². The summed E-state index contributed by atoms with van der Waals surface area (Å²) in [6, 6.07) is 2.69. The third-order valence-electron chi connectivity index (χ3n) is 0.356. The van der Waals surface area contributed by atoms with Crippen molar-refractivity contribution in [1.29, 1.82) is 0 Å². The molecule has 1 aliphatic heterocycles. The van der Waals surface area contributed by atoms with E-state index in [4.69, 9.17) is 0 Å². The van der Waals surface area contributed by atoms with Crippen LogP contribution in [-0.4, -0.2) is 5.88 Å². The Hall–Kier alpha value is -0.290. The quantitative estimate of drug-likeness (QED) is 0.422. The maximum atomic E-state index is 2.82. The summed E-state index contributed by atoms with van der Waals surface area (Å²) in [5, 5.41) is 5.60. The van der Waals surface area contributed by atoms with E-state index in [0.29, 0.717) is 0 Å². The van der Waals surface area contributed by atoms with Gasteiger partial charge in [0.15, 0.2) is 0 Å². The first-order valence-corrected chi connectivity index (χ1v) is 2.33. The molecule has 5 heavy (non-hydrogen) atoms. The summed E-state index contributed by atoms with van der Waals surface area (Å²) >= 11 is 1.60. The van der Waals surface area contributed by atoms with Gasteiger partial charge in [-0.1, -0.05) is 11.8 Å². The van der Waals surface area contributed by atoms with Crippen molar-refractivity contribution in [2.75, 3.05) is 5.88 Å². The van der Waals surface area contributed by atoms with Gasteiger partial charge in [-0.05, 0) is 5.25 Å². The Morgan fingerprint density at radius 2 is 2.80 bits per heavy atom. The monoisotopic (exact) mass is 85.0 g/mol. The van der Waals surface area contributed by atoms with Gasteiger partial charge in [-0.3, -0.25) is 0 Å². The predicted octanol–water partition coefficient (Wildman–Crippen LogP) is 0.199. The molecule has 1 rings (SSSR count). The summed E-state index contributed by atoms with van der Waals surface area (Å²) in [5.41, 5.74) is 0. The molecule has 0 amide bonds.